The van der Waals surface area contributed by atoms with Crippen LogP contribution in [0.3, 0.4) is 0 Å². The van der Waals surface area contributed by atoms with Crippen LogP contribution in [-0.2, 0) is 14.3 Å². The van der Waals surface area contributed by atoms with Crippen LogP contribution in [0.2, 0.25) is 0 Å². The second kappa shape index (κ2) is 5.08. The maximum atomic E-state index is 11.9. The third kappa shape index (κ3) is 2.16. The Hall–Kier alpha value is -2.04. The first-order chi connectivity index (χ1) is 8.65. The van der Waals surface area contributed by atoms with E-state index >= 15 is 0 Å². The number of benzene rings is 1. The minimum atomic E-state index is -0.650. The minimum Gasteiger partial charge on any atom is -0.482 e. The van der Waals surface area contributed by atoms with E-state index in [1.54, 1.807) is 32.0 Å². The lowest BCUT2D eigenvalue weighted by Crippen LogP contribution is -2.48. The summed E-state index contributed by atoms with van der Waals surface area (Å²) in [5.74, 6) is -0.0509. The molecular formula is C13H15NO4. The second-order valence-corrected chi connectivity index (χ2v) is 3.95. The monoisotopic (exact) mass is 249 g/mol. The van der Waals surface area contributed by atoms with Crippen molar-refractivity contribution in [1.29, 1.82) is 0 Å². The van der Waals surface area contributed by atoms with Gasteiger partial charge in [0.15, 0.2) is 6.61 Å². The van der Waals surface area contributed by atoms with Crippen LogP contribution in [0.1, 0.15) is 13.8 Å². The predicted molar refractivity (Wildman–Crippen MR) is 65.5 cm³/mol. The Morgan fingerprint density at radius 2 is 2.22 bits per heavy atom. The molecular weight excluding hydrogens is 234 g/mol. The normalized spacial score (nSPS) is 15.7. The molecule has 0 N–H and O–H groups in total. The van der Waals surface area contributed by atoms with Gasteiger partial charge in [0.2, 0.25) is 0 Å². The molecule has 1 aliphatic rings. The number of carbonyl (C=O) groups excluding carboxylic acids is 2. The number of ether oxygens (including phenoxy) is 2. The van der Waals surface area contributed by atoms with Crippen molar-refractivity contribution in [2.75, 3.05) is 18.1 Å². The van der Waals surface area contributed by atoms with E-state index in [4.69, 9.17) is 9.47 Å². The Labute approximate surface area is 105 Å². The number of hydrogen-bond donors (Lipinski definition) is 0. The first-order valence-corrected chi connectivity index (χ1v) is 5.85. The molecule has 0 radical (unpaired) electrons. The molecule has 1 aromatic rings. The van der Waals surface area contributed by atoms with Gasteiger partial charge < -0.3 is 9.47 Å². The molecule has 0 aliphatic carbocycles. The molecule has 1 atom stereocenters. The molecule has 1 amide bonds. The molecule has 0 spiro atoms. The topological polar surface area (TPSA) is 55.8 Å². The van der Waals surface area contributed by atoms with Crippen molar-refractivity contribution in [3.05, 3.63) is 24.3 Å². The molecule has 0 bridgehead atoms. The number of anilines is 1. The van der Waals surface area contributed by atoms with Crippen molar-refractivity contribution >= 4 is 17.6 Å². The molecule has 0 saturated carbocycles. The summed E-state index contributed by atoms with van der Waals surface area (Å²) in [6, 6.07) is 6.49. The van der Waals surface area contributed by atoms with Crippen LogP contribution in [0.5, 0.6) is 5.75 Å². The number of fused-ring (bicyclic) bond motifs is 1. The number of esters is 1. The van der Waals surface area contributed by atoms with Gasteiger partial charge in [0.05, 0.1) is 12.3 Å². The third-order valence-corrected chi connectivity index (χ3v) is 2.76. The Morgan fingerprint density at radius 3 is 2.94 bits per heavy atom. The van der Waals surface area contributed by atoms with E-state index in [9.17, 15) is 9.59 Å². The highest BCUT2D eigenvalue weighted by Gasteiger charge is 2.33. The molecule has 96 valence electrons. The third-order valence-electron chi connectivity index (χ3n) is 2.76. The number of carbonyl (C=O) groups is 2. The van der Waals surface area contributed by atoms with Gasteiger partial charge in [0, 0.05) is 0 Å². The van der Waals surface area contributed by atoms with Gasteiger partial charge in [0.1, 0.15) is 11.8 Å². The fourth-order valence-electron chi connectivity index (χ4n) is 1.91. The fraction of sp³-hybridized carbons (Fsp3) is 0.385. The number of hydrogen-bond acceptors (Lipinski definition) is 4. The molecule has 0 unspecified atom stereocenters. The molecule has 0 fully saturated rings. The molecule has 5 heteroatoms. The quantitative estimate of drug-likeness (QED) is 0.759. The zero-order valence-corrected chi connectivity index (χ0v) is 10.4. The zero-order chi connectivity index (χ0) is 13.1. The average Bonchev–Trinajstić information content (AvgIpc) is 2.38. The summed E-state index contributed by atoms with van der Waals surface area (Å²) in [4.78, 5) is 25.1. The summed E-state index contributed by atoms with van der Waals surface area (Å²) in [5.41, 5.74) is 0.606. The first-order valence-electron chi connectivity index (χ1n) is 5.85. The Kier molecular flexibility index (Phi) is 3.50. The minimum absolute atomic E-state index is 0.0548. The van der Waals surface area contributed by atoms with Gasteiger partial charge in [0.25, 0.3) is 5.91 Å². The van der Waals surface area contributed by atoms with Crippen molar-refractivity contribution in [2.24, 2.45) is 0 Å². The maximum absolute atomic E-state index is 11.9. The highest BCUT2D eigenvalue weighted by molar-refractivity contribution is 6.02. The van der Waals surface area contributed by atoms with E-state index in [2.05, 4.69) is 0 Å². The smallest absolute Gasteiger partial charge is 0.328 e. The van der Waals surface area contributed by atoms with Gasteiger partial charge in [-0.1, -0.05) is 12.1 Å². The van der Waals surface area contributed by atoms with Gasteiger partial charge in [-0.05, 0) is 26.0 Å². The molecule has 0 aromatic heterocycles. The Bertz CT molecular complexity index is 472. The summed E-state index contributed by atoms with van der Waals surface area (Å²) >= 11 is 0. The number of nitrogens with zero attached hydrogens (tertiary/aromatic N) is 1. The summed E-state index contributed by atoms with van der Waals surface area (Å²) in [5, 5.41) is 0. The van der Waals surface area contributed by atoms with E-state index in [-0.39, 0.29) is 12.5 Å². The van der Waals surface area contributed by atoms with Crippen molar-refractivity contribution in [3.63, 3.8) is 0 Å². The van der Waals surface area contributed by atoms with E-state index in [0.29, 0.717) is 18.0 Å². The van der Waals surface area contributed by atoms with Crippen LogP contribution in [0, 0.1) is 0 Å². The maximum Gasteiger partial charge on any atom is 0.328 e. The first kappa shape index (κ1) is 12.4. The molecule has 5 nitrogen and oxygen atoms in total. The molecule has 18 heavy (non-hydrogen) atoms. The van der Waals surface area contributed by atoms with E-state index in [0.717, 1.165) is 0 Å². The van der Waals surface area contributed by atoms with Crippen LogP contribution < -0.4 is 9.64 Å². The lowest BCUT2D eigenvalue weighted by Gasteiger charge is -2.32. The second-order valence-electron chi connectivity index (χ2n) is 3.95. The number of rotatable bonds is 3. The van der Waals surface area contributed by atoms with Crippen molar-refractivity contribution in [1.82, 2.24) is 0 Å². The van der Waals surface area contributed by atoms with Gasteiger partial charge in [-0.25, -0.2) is 4.79 Å². The van der Waals surface area contributed by atoms with Crippen molar-refractivity contribution in [3.8, 4) is 5.75 Å². The highest BCUT2D eigenvalue weighted by Crippen LogP contribution is 2.32. The van der Waals surface area contributed by atoms with Gasteiger partial charge in [-0.15, -0.1) is 0 Å². The molecule has 1 aliphatic heterocycles. The summed E-state index contributed by atoms with van der Waals surface area (Å²) in [6.07, 6.45) is 0. The molecule has 1 heterocycles. The summed E-state index contributed by atoms with van der Waals surface area (Å²) < 4.78 is 10.3. The fourth-order valence-corrected chi connectivity index (χ4v) is 1.91. The standard InChI is InChI=1S/C13H15NO4/c1-3-17-13(16)9(2)14-10-6-4-5-7-11(10)18-8-12(14)15/h4-7,9H,3,8H2,1-2H3/t9-/m1/s1. The van der Waals surface area contributed by atoms with Gasteiger partial charge in [-0.2, -0.15) is 0 Å². The van der Waals surface area contributed by atoms with E-state index in [1.165, 1.54) is 4.90 Å². The Morgan fingerprint density at radius 1 is 1.50 bits per heavy atom. The summed E-state index contributed by atoms with van der Waals surface area (Å²) in [6.45, 7) is 3.63. The molecule has 1 aromatic carbocycles. The van der Waals surface area contributed by atoms with Crippen LogP contribution in [0.25, 0.3) is 0 Å². The largest absolute Gasteiger partial charge is 0.482 e. The van der Waals surface area contributed by atoms with Crippen molar-refractivity contribution < 1.29 is 19.1 Å². The SMILES string of the molecule is CCOC(=O)[C@@H](C)N1C(=O)COc2ccccc21. The van der Waals surface area contributed by atoms with Crippen molar-refractivity contribution in [2.45, 2.75) is 19.9 Å². The van der Waals surface area contributed by atoms with Crippen LogP contribution in [-0.4, -0.2) is 31.1 Å². The lowest BCUT2D eigenvalue weighted by molar-refractivity contribution is -0.145. The van der Waals surface area contributed by atoms with Crippen LogP contribution in [0.4, 0.5) is 5.69 Å². The van der Waals surface area contributed by atoms with Gasteiger partial charge in [-0.3, -0.25) is 9.69 Å². The zero-order valence-electron chi connectivity index (χ0n) is 10.4. The molecule has 0 saturated heterocycles. The van der Waals surface area contributed by atoms with Crippen LogP contribution in [0.15, 0.2) is 24.3 Å². The van der Waals surface area contributed by atoms with E-state index in [1.807, 2.05) is 6.07 Å². The van der Waals surface area contributed by atoms with Crippen LogP contribution >= 0.6 is 0 Å². The number of para-hydroxylation sites is 2. The molecule has 2 rings (SSSR count). The summed E-state index contributed by atoms with van der Waals surface area (Å²) in [7, 11) is 0. The highest BCUT2D eigenvalue weighted by atomic mass is 16.5. The predicted octanol–water partition coefficient (Wildman–Crippen LogP) is 1.36. The van der Waals surface area contributed by atoms with Gasteiger partial charge >= 0.3 is 5.97 Å². The average molecular weight is 249 g/mol. The van der Waals surface area contributed by atoms with E-state index < -0.39 is 12.0 Å². The lowest BCUT2D eigenvalue weighted by atomic mass is 10.2. The number of amides is 1. The Balaban J connectivity index is 2.31.